The molecule has 1 aromatic carbocycles. The van der Waals surface area contributed by atoms with Crippen molar-refractivity contribution >= 4 is 37.3 Å². The number of amides is 1. The molecule has 1 saturated heterocycles. The van der Waals surface area contributed by atoms with Crippen molar-refractivity contribution in [1.82, 2.24) is 0 Å². The second kappa shape index (κ2) is 6.13. The van der Waals surface area contributed by atoms with Crippen LogP contribution >= 0.6 is 10.7 Å². The Morgan fingerprint density at radius 1 is 1.36 bits per heavy atom. The maximum atomic E-state index is 12.0. The molecule has 0 N–H and O–H groups in total. The minimum atomic E-state index is -3.83. The number of hydrogen-bond acceptors (Lipinski definition) is 6. The second-order valence-corrected chi connectivity index (χ2v) is 7.59. The molecule has 22 heavy (non-hydrogen) atoms. The average Bonchev–Trinajstić information content (AvgIpc) is 2.87. The van der Waals surface area contributed by atoms with E-state index in [1.54, 1.807) is 0 Å². The number of anilines is 1. The predicted octanol–water partition coefficient (Wildman–Crippen LogP) is 1.16. The summed E-state index contributed by atoms with van der Waals surface area (Å²) in [6.07, 6.45) is -0.187. The fraction of sp³-hybridized carbons (Fsp3) is 0.385. The molecule has 1 fully saturated rings. The van der Waals surface area contributed by atoms with E-state index in [9.17, 15) is 18.0 Å². The lowest BCUT2D eigenvalue weighted by molar-refractivity contribution is -0.117. The summed E-state index contributed by atoms with van der Waals surface area (Å²) >= 11 is 0. The summed E-state index contributed by atoms with van der Waals surface area (Å²) < 4.78 is 32.6. The van der Waals surface area contributed by atoms with Crippen LogP contribution in [0.1, 0.15) is 16.8 Å². The zero-order valence-corrected chi connectivity index (χ0v) is 13.5. The van der Waals surface area contributed by atoms with E-state index in [0.717, 1.165) is 0 Å². The van der Waals surface area contributed by atoms with Crippen LogP contribution in [0.2, 0.25) is 0 Å². The summed E-state index contributed by atoms with van der Waals surface area (Å²) in [5, 5.41) is -0.966. The summed E-state index contributed by atoms with van der Waals surface area (Å²) in [6.45, 7) is -0.0569. The Balaban J connectivity index is 2.37. The molecule has 120 valence electrons. The van der Waals surface area contributed by atoms with Crippen molar-refractivity contribution in [1.29, 1.82) is 0 Å². The van der Waals surface area contributed by atoms with Gasteiger partial charge in [0.05, 0.1) is 25.5 Å². The number of hydrogen-bond donors (Lipinski definition) is 0. The van der Waals surface area contributed by atoms with E-state index < -0.39 is 20.3 Å². The van der Waals surface area contributed by atoms with Crippen LogP contribution in [-0.2, 0) is 18.6 Å². The van der Waals surface area contributed by atoms with Crippen molar-refractivity contribution in [3.05, 3.63) is 23.8 Å². The number of carbonyl (C=O) groups is 2. The number of rotatable bonds is 4. The van der Waals surface area contributed by atoms with Crippen molar-refractivity contribution in [2.45, 2.75) is 11.7 Å². The highest BCUT2D eigenvalue weighted by molar-refractivity contribution is 8.14. The van der Waals surface area contributed by atoms with E-state index >= 15 is 0 Å². The molecule has 1 aromatic rings. The predicted molar refractivity (Wildman–Crippen MR) is 79.9 cm³/mol. The van der Waals surface area contributed by atoms with Gasteiger partial charge in [0.1, 0.15) is 11.0 Å². The van der Waals surface area contributed by atoms with Gasteiger partial charge in [-0.1, -0.05) is 0 Å². The zero-order chi connectivity index (χ0) is 16.5. The second-order valence-electron chi connectivity index (χ2n) is 4.68. The number of methoxy groups -OCH3 is 2. The SMILES string of the molecule is COC(=O)c1ccc(N2CC(S(=O)(=O)Cl)CC2=O)c(OC)c1. The maximum Gasteiger partial charge on any atom is 0.337 e. The molecule has 9 heteroatoms. The first-order valence-electron chi connectivity index (χ1n) is 6.28. The number of carbonyl (C=O) groups excluding carboxylic acids is 2. The zero-order valence-electron chi connectivity index (χ0n) is 11.9. The summed E-state index contributed by atoms with van der Waals surface area (Å²) in [7, 11) is 4.13. The van der Waals surface area contributed by atoms with Gasteiger partial charge in [0.15, 0.2) is 0 Å². The molecule has 0 saturated carbocycles. The lowest BCUT2D eigenvalue weighted by atomic mass is 10.1. The Morgan fingerprint density at radius 2 is 2.05 bits per heavy atom. The van der Waals surface area contributed by atoms with E-state index in [4.69, 9.17) is 15.4 Å². The Morgan fingerprint density at radius 3 is 2.55 bits per heavy atom. The molecule has 2 rings (SSSR count). The van der Waals surface area contributed by atoms with E-state index in [1.807, 2.05) is 0 Å². The third kappa shape index (κ3) is 3.17. The van der Waals surface area contributed by atoms with Crippen molar-refractivity contribution < 1.29 is 27.5 Å². The fourth-order valence-electron chi connectivity index (χ4n) is 2.24. The smallest absolute Gasteiger partial charge is 0.337 e. The van der Waals surface area contributed by atoms with Crippen molar-refractivity contribution in [3.8, 4) is 5.75 Å². The van der Waals surface area contributed by atoms with Gasteiger partial charge in [-0.25, -0.2) is 13.2 Å². The van der Waals surface area contributed by atoms with Crippen LogP contribution in [0.3, 0.4) is 0 Å². The molecule has 0 spiro atoms. The molecule has 7 nitrogen and oxygen atoms in total. The van der Waals surface area contributed by atoms with Crippen LogP contribution in [0.25, 0.3) is 0 Å². The lowest BCUT2D eigenvalue weighted by Gasteiger charge is -2.19. The number of esters is 1. The Kier molecular flexibility index (Phi) is 4.62. The fourth-order valence-corrected chi connectivity index (χ4v) is 3.27. The van der Waals surface area contributed by atoms with Gasteiger partial charge >= 0.3 is 5.97 Å². The number of nitrogens with zero attached hydrogens (tertiary/aromatic N) is 1. The van der Waals surface area contributed by atoms with Crippen LogP contribution in [0, 0.1) is 0 Å². The summed E-state index contributed by atoms with van der Waals surface area (Å²) in [6, 6.07) is 4.41. The Hall–Kier alpha value is -1.80. The van der Waals surface area contributed by atoms with Gasteiger partial charge in [0.2, 0.25) is 15.0 Å². The number of ether oxygens (including phenoxy) is 2. The molecule has 0 radical (unpaired) electrons. The first-order chi connectivity index (χ1) is 10.3. The average molecular weight is 348 g/mol. The molecule has 0 aliphatic carbocycles. The first-order valence-corrected chi connectivity index (χ1v) is 8.65. The van der Waals surface area contributed by atoms with Crippen LogP contribution in [0.15, 0.2) is 18.2 Å². The van der Waals surface area contributed by atoms with Crippen LogP contribution < -0.4 is 9.64 Å². The van der Waals surface area contributed by atoms with E-state index in [-0.39, 0.29) is 30.2 Å². The van der Waals surface area contributed by atoms with Gasteiger partial charge in [-0.2, -0.15) is 0 Å². The first kappa shape index (κ1) is 16.6. The maximum absolute atomic E-state index is 12.0. The summed E-state index contributed by atoms with van der Waals surface area (Å²) in [4.78, 5) is 24.8. The topological polar surface area (TPSA) is 90.0 Å². The molecule has 1 heterocycles. The Bertz CT molecular complexity index is 717. The summed E-state index contributed by atoms with van der Waals surface area (Å²) in [5.41, 5.74) is 0.638. The van der Waals surface area contributed by atoms with Gasteiger partial charge in [-0.3, -0.25) is 4.79 Å². The molecule has 0 aromatic heterocycles. The van der Waals surface area contributed by atoms with Gasteiger partial charge in [-0.05, 0) is 18.2 Å². The molecule has 1 aliphatic rings. The molecule has 1 aliphatic heterocycles. The van der Waals surface area contributed by atoms with Crippen LogP contribution in [0.5, 0.6) is 5.75 Å². The summed E-state index contributed by atoms with van der Waals surface area (Å²) in [5.74, 6) is -0.652. The molecule has 1 unspecified atom stereocenters. The minimum Gasteiger partial charge on any atom is -0.495 e. The quantitative estimate of drug-likeness (QED) is 0.599. The highest BCUT2D eigenvalue weighted by Crippen LogP contribution is 2.34. The lowest BCUT2D eigenvalue weighted by Crippen LogP contribution is -2.27. The Labute approximate surface area is 132 Å². The molecular formula is C13H14ClNO6S. The monoisotopic (exact) mass is 347 g/mol. The molecular weight excluding hydrogens is 334 g/mol. The minimum absolute atomic E-state index is 0.0569. The van der Waals surface area contributed by atoms with E-state index in [1.165, 1.54) is 37.3 Å². The third-order valence-electron chi connectivity index (χ3n) is 3.38. The highest BCUT2D eigenvalue weighted by Gasteiger charge is 2.39. The largest absolute Gasteiger partial charge is 0.495 e. The van der Waals surface area contributed by atoms with E-state index in [0.29, 0.717) is 5.69 Å². The number of halogens is 1. The normalized spacial score (nSPS) is 18.4. The van der Waals surface area contributed by atoms with Crippen LogP contribution in [-0.4, -0.2) is 46.3 Å². The van der Waals surface area contributed by atoms with Gasteiger partial charge in [0.25, 0.3) is 0 Å². The van der Waals surface area contributed by atoms with Gasteiger partial charge in [-0.15, -0.1) is 0 Å². The standard InChI is InChI=1S/C13H14ClNO6S/c1-20-11-5-8(13(17)21-2)3-4-10(11)15-7-9(6-12(15)16)22(14,18)19/h3-5,9H,6-7H2,1-2H3. The third-order valence-corrected chi connectivity index (χ3v) is 5.25. The molecule has 0 bridgehead atoms. The van der Waals surface area contributed by atoms with Crippen molar-refractivity contribution in [3.63, 3.8) is 0 Å². The van der Waals surface area contributed by atoms with Crippen molar-refractivity contribution in [2.24, 2.45) is 0 Å². The van der Waals surface area contributed by atoms with Crippen molar-refractivity contribution in [2.75, 3.05) is 25.7 Å². The number of benzene rings is 1. The highest BCUT2D eigenvalue weighted by atomic mass is 35.7. The van der Waals surface area contributed by atoms with Gasteiger partial charge < -0.3 is 14.4 Å². The van der Waals surface area contributed by atoms with E-state index in [2.05, 4.69) is 4.74 Å². The van der Waals surface area contributed by atoms with Crippen LogP contribution in [0.4, 0.5) is 5.69 Å². The molecule has 1 atom stereocenters. The molecule has 1 amide bonds. The van der Waals surface area contributed by atoms with Gasteiger partial charge in [0, 0.05) is 23.6 Å².